The van der Waals surface area contributed by atoms with Crippen LogP contribution in [0.4, 0.5) is 5.69 Å². The Kier molecular flexibility index (Phi) is 7.97. The molecule has 42 heavy (non-hydrogen) atoms. The lowest BCUT2D eigenvalue weighted by atomic mass is 9.80. The third kappa shape index (κ3) is 5.69. The van der Waals surface area contributed by atoms with Gasteiger partial charge in [0.2, 0.25) is 5.36 Å². The van der Waals surface area contributed by atoms with Crippen molar-refractivity contribution in [3.63, 3.8) is 0 Å². The summed E-state index contributed by atoms with van der Waals surface area (Å²) in [6, 6.07) is 21.3. The minimum Gasteiger partial charge on any atom is -0.744 e. The molecule has 1 heterocycles. The normalized spacial score (nSPS) is 12.0. The Labute approximate surface area is 243 Å². The highest BCUT2D eigenvalue weighted by atomic mass is 32.2. The van der Waals surface area contributed by atoms with Crippen LogP contribution in [0.1, 0.15) is 13.8 Å². The predicted molar refractivity (Wildman–Crippen MR) is 160 cm³/mol. The summed E-state index contributed by atoms with van der Waals surface area (Å²) in [6.07, 6.45) is 0. The highest BCUT2D eigenvalue weighted by Crippen LogP contribution is 2.42. The Hall–Kier alpha value is -4.01. The van der Waals surface area contributed by atoms with Crippen LogP contribution >= 0.6 is 0 Å². The summed E-state index contributed by atoms with van der Waals surface area (Å²) in [5.41, 5.74) is 1.50. The minimum atomic E-state index is -5.17. The van der Waals surface area contributed by atoms with Gasteiger partial charge in [-0.2, -0.15) is 0 Å². The van der Waals surface area contributed by atoms with Crippen LogP contribution in [0.5, 0.6) is 0 Å². The molecule has 5 rings (SSSR count). The van der Waals surface area contributed by atoms with E-state index in [-0.39, 0.29) is 16.7 Å². The molecule has 0 saturated carbocycles. The molecule has 0 saturated heterocycles. The molecule has 2 aliphatic rings. The monoisotopic (exact) mass is 606 g/mol. The highest BCUT2D eigenvalue weighted by molar-refractivity contribution is 7.92. The first-order valence-corrected chi connectivity index (χ1v) is 15.9. The molecule has 0 aromatic heterocycles. The number of hydrogen-bond donors (Lipinski definition) is 3. The van der Waals surface area contributed by atoms with E-state index in [0.717, 1.165) is 24.5 Å². The van der Waals surface area contributed by atoms with Crippen molar-refractivity contribution in [3.8, 4) is 22.5 Å². The molecule has 0 fully saturated rings. The lowest BCUT2D eigenvalue weighted by Crippen LogP contribution is -2.30. The Morgan fingerprint density at radius 2 is 1.57 bits per heavy atom. The van der Waals surface area contributed by atoms with Crippen LogP contribution in [0, 0.1) is 0 Å². The molecule has 3 N–H and O–H groups in total. The summed E-state index contributed by atoms with van der Waals surface area (Å²) in [4.78, 5) is -1.18. The minimum absolute atomic E-state index is 0.0156. The topological polar surface area (TPSA) is 160 Å². The number of nitrogens with zero attached hydrogens (tertiary/aromatic N) is 1. The SMILES string of the molecule is CC[N+](CC)=c1ccc2c(-c3ccc(S(=O)(=O)Nc4cccc(B(O)O)c4)cc3S(=O)(=O)[O-])c3ccccc3oc-2c1. The first-order chi connectivity index (χ1) is 19.9. The molecule has 3 aromatic carbocycles. The number of hydrogen-bond acceptors (Lipinski definition) is 8. The van der Waals surface area contributed by atoms with E-state index in [1.54, 1.807) is 30.3 Å². The average Bonchev–Trinajstić information content (AvgIpc) is 2.95. The molecule has 13 heteroatoms. The van der Waals surface area contributed by atoms with Crippen LogP contribution < -0.4 is 20.1 Å². The van der Waals surface area contributed by atoms with E-state index in [1.807, 2.05) is 26.0 Å². The number of fused-ring (bicyclic) bond motifs is 2. The van der Waals surface area contributed by atoms with E-state index in [4.69, 9.17) is 4.42 Å². The van der Waals surface area contributed by atoms with Crippen molar-refractivity contribution in [1.82, 2.24) is 4.58 Å². The second kappa shape index (κ2) is 11.3. The van der Waals surface area contributed by atoms with Crippen LogP contribution in [0.15, 0.2) is 99.1 Å². The van der Waals surface area contributed by atoms with Gasteiger partial charge in [0.15, 0.2) is 0 Å². The molecule has 1 aliphatic heterocycles. The predicted octanol–water partition coefficient (Wildman–Crippen LogP) is 2.40. The quantitative estimate of drug-likeness (QED) is 0.105. The average molecular weight is 606 g/mol. The number of benzene rings is 4. The summed E-state index contributed by atoms with van der Waals surface area (Å²) < 4.78 is 74.9. The van der Waals surface area contributed by atoms with Gasteiger partial charge in [0, 0.05) is 33.8 Å². The van der Waals surface area contributed by atoms with Gasteiger partial charge in [0.1, 0.15) is 34.6 Å². The fourth-order valence-electron chi connectivity index (χ4n) is 4.96. The summed E-state index contributed by atoms with van der Waals surface area (Å²) in [6.45, 7) is 5.57. The molecular formula is C29H27BN2O8S2. The smallest absolute Gasteiger partial charge is 0.488 e. The summed E-state index contributed by atoms with van der Waals surface area (Å²) in [5.74, 6) is 0.465. The fraction of sp³-hybridized carbons (Fsp3) is 0.138. The zero-order chi connectivity index (χ0) is 30.2. The molecule has 0 radical (unpaired) electrons. The maximum absolute atomic E-state index is 13.2. The maximum atomic E-state index is 13.2. The van der Waals surface area contributed by atoms with Crippen molar-refractivity contribution in [2.45, 2.75) is 23.6 Å². The second-order valence-electron chi connectivity index (χ2n) is 9.54. The van der Waals surface area contributed by atoms with Crippen LogP contribution in [0.2, 0.25) is 0 Å². The second-order valence-corrected chi connectivity index (χ2v) is 12.6. The largest absolute Gasteiger partial charge is 0.744 e. The molecule has 0 unspecified atom stereocenters. The van der Waals surface area contributed by atoms with E-state index >= 15 is 0 Å². The van der Waals surface area contributed by atoms with E-state index in [2.05, 4.69) is 9.30 Å². The summed E-state index contributed by atoms with van der Waals surface area (Å²) in [5, 5.41) is 20.3. The van der Waals surface area contributed by atoms with Crippen molar-refractivity contribution in [1.29, 1.82) is 0 Å². The van der Waals surface area contributed by atoms with E-state index < -0.39 is 37.1 Å². The van der Waals surface area contributed by atoms with Crippen LogP contribution in [-0.2, 0) is 20.1 Å². The van der Waals surface area contributed by atoms with Gasteiger partial charge in [-0.05, 0) is 55.7 Å². The first kappa shape index (κ1) is 29.5. The molecule has 0 spiro atoms. The van der Waals surface area contributed by atoms with Crippen molar-refractivity contribution in [2.24, 2.45) is 0 Å². The number of rotatable bonds is 8. The van der Waals surface area contributed by atoms with Crippen LogP contribution in [0.25, 0.3) is 33.4 Å². The summed E-state index contributed by atoms with van der Waals surface area (Å²) in [7, 11) is -11.4. The van der Waals surface area contributed by atoms with E-state index in [0.29, 0.717) is 27.9 Å². The molecule has 216 valence electrons. The van der Waals surface area contributed by atoms with Crippen LogP contribution in [0.3, 0.4) is 0 Å². The zero-order valence-electron chi connectivity index (χ0n) is 22.7. The Bertz CT molecular complexity index is 2070. The lowest BCUT2D eigenvalue weighted by molar-refractivity contribution is 0.425. The molecule has 1 aliphatic carbocycles. The first-order valence-electron chi connectivity index (χ1n) is 13.1. The third-order valence-corrected chi connectivity index (χ3v) is 9.23. The lowest BCUT2D eigenvalue weighted by Gasteiger charge is -2.20. The van der Waals surface area contributed by atoms with E-state index in [9.17, 15) is 31.4 Å². The van der Waals surface area contributed by atoms with Crippen LogP contribution in [-0.4, -0.2) is 51.6 Å². The van der Waals surface area contributed by atoms with Gasteiger partial charge < -0.3 is 19.0 Å². The standard InChI is InChI=1S/C29H27BN2O8S2/c1-3-32(4-2)21-12-14-24-27(17-21)40-26-11-6-5-10-23(26)29(24)25-15-13-22(18-28(25)42(37,38)39)41(35,36)31-20-9-7-8-19(16-20)30(33)34/h5-18,31,33-34H,3-4H2,1-2H3. The highest BCUT2D eigenvalue weighted by Gasteiger charge is 2.25. The third-order valence-electron chi connectivity index (χ3n) is 6.98. The van der Waals surface area contributed by atoms with Gasteiger partial charge in [-0.15, -0.1) is 0 Å². The van der Waals surface area contributed by atoms with E-state index in [1.165, 1.54) is 36.4 Å². The molecular weight excluding hydrogens is 579 g/mol. The van der Waals surface area contributed by atoms with Crippen molar-refractivity contribution in [3.05, 3.63) is 90.3 Å². The molecule has 0 amide bonds. The van der Waals surface area contributed by atoms with Gasteiger partial charge in [0.25, 0.3) is 10.0 Å². The number of para-hydroxylation sites is 1. The van der Waals surface area contributed by atoms with Crippen molar-refractivity contribution < 1.29 is 35.9 Å². The van der Waals surface area contributed by atoms with Gasteiger partial charge in [0.05, 0.1) is 15.9 Å². The van der Waals surface area contributed by atoms with Gasteiger partial charge in [-0.1, -0.05) is 36.4 Å². The zero-order valence-corrected chi connectivity index (χ0v) is 24.3. The maximum Gasteiger partial charge on any atom is 0.488 e. The Morgan fingerprint density at radius 3 is 2.26 bits per heavy atom. The summed E-state index contributed by atoms with van der Waals surface area (Å²) >= 11 is 0. The number of nitrogens with one attached hydrogen (secondary N) is 1. The number of sulfonamides is 1. The van der Waals surface area contributed by atoms with Crippen molar-refractivity contribution >= 4 is 49.4 Å². The Morgan fingerprint density at radius 1 is 0.857 bits per heavy atom. The van der Waals surface area contributed by atoms with Gasteiger partial charge in [-0.25, -0.2) is 21.4 Å². The van der Waals surface area contributed by atoms with Crippen molar-refractivity contribution in [2.75, 3.05) is 17.8 Å². The number of anilines is 1. The van der Waals surface area contributed by atoms with Gasteiger partial charge >= 0.3 is 7.12 Å². The molecule has 10 nitrogen and oxygen atoms in total. The Balaban J connectivity index is 1.74. The molecule has 0 bridgehead atoms. The fourth-order valence-corrected chi connectivity index (χ4v) is 6.82. The van der Waals surface area contributed by atoms with Gasteiger partial charge in [-0.3, -0.25) is 4.72 Å². The molecule has 3 aromatic rings. The molecule has 0 atom stereocenters.